The van der Waals surface area contributed by atoms with Crippen LogP contribution in [0.4, 0.5) is 0 Å². The van der Waals surface area contributed by atoms with E-state index in [0.717, 1.165) is 5.69 Å². The molecule has 0 fully saturated rings. The molecule has 2 N–H and O–H groups in total. The Bertz CT molecular complexity index is 223. The van der Waals surface area contributed by atoms with Crippen LogP contribution in [0.2, 0.25) is 0 Å². The van der Waals surface area contributed by atoms with Crippen molar-refractivity contribution >= 4 is 11.3 Å². The molecular weight excluding hydrogens is 156 g/mol. The van der Waals surface area contributed by atoms with Gasteiger partial charge in [0.15, 0.2) is 0 Å². The van der Waals surface area contributed by atoms with Crippen LogP contribution in [-0.2, 0) is 0 Å². The molecule has 0 aliphatic rings. The highest BCUT2D eigenvalue weighted by atomic mass is 32.1. The van der Waals surface area contributed by atoms with E-state index in [0.29, 0.717) is 12.5 Å². The Morgan fingerprint density at radius 2 is 2.18 bits per heavy atom. The Kier molecular flexibility index (Phi) is 2.62. The minimum atomic E-state index is 0.410. The molecule has 1 aromatic rings. The van der Waals surface area contributed by atoms with Crippen molar-refractivity contribution in [3.8, 4) is 0 Å². The third kappa shape index (κ3) is 1.79. The molecule has 1 heterocycles. The van der Waals surface area contributed by atoms with Crippen LogP contribution >= 0.6 is 11.3 Å². The van der Waals surface area contributed by atoms with Gasteiger partial charge in [-0.05, 0) is 13.8 Å². The monoisotopic (exact) mass is 170 g/mol. The van der Waals surface area contributed by atoms with E-state index in [1.54, 1.807) is 11.3 Å². The average molecular weight is 170 g/mol. The van der Waals surface area contributed by atoms with Crippen molar-refractivity contribution in [2.45, 2.75) is 26.7 Å². The normalized spacial score (nSPS) is 13.5. The van der Waals surface area contributed by atoms with E-state index in [1.807, 2.05) is 6.92 Å². The predicted molar refractivity (Wildman–Crippen MR) is 49.1 cm³/mol. The molecule has 0 radical (unpaired) electrons. The third-order valence-electron chi connectivity index (χ3n) is 1.82. The molecule has 0 aromatic carbocycles. The zero-order chi connectivity index (χ0) is 8.43. The maximum Gasteiger partial charge on any atom is 0.0971 e. The fourth-order valence-corrected chi connectivity index (χ4v) is 1.80. The van der Waals surface area contributed by atoms with Crippen molar-refractivity contribution < 1.29 is 0 Å². The summed E-state index contributed by atoms with van der Waals surface area (Å²) in [5.74, 6) is 0.410. The molecule has 0 saturated heterocycles. The first-order valence-corrected chi connectivity index (χ1v) is 4.60. The van der Waals surface area contributed by atoms with Gasteiger partial charge in [0.2, 0.25) is 0 Å². The zero-order valence-corrected chi connectivity index (χ0v) is 8.03. The van der Waals surface area contributed by atoms with Crippen LogP contribution in [0.3, 0.4) is 0 Å². The summed E-state index contributed by atoms with van der Waals surface area (Å²) in [7, 11) is 0. The molecule has 0 aliphatic carbocycles. The van der Waals surface area contributed by atoms with Crippen LogP contribution in [-0.4, -0.2) is 11.5 Å². The fourth-order valence-electron chi connectivity index (χ4n) is 0.809. The summed E-state index contributed by atoms with van der Waals surface area (Å²) in [6.07, 6.45) is 0. The van der Waals surface area contributed by atoms with Crippen LogP contribution in [0.5, 0.6) is 0 Å². The Balaban J connectivity index is 2.88. The molecular formula is C8H14N2S. The highest BCUT2D eigenvalue weighted by Crippen LogP contribution is 2.22. The summed E-state index contributed by atoms with van der Waals surface area (Å²) < 4.78 is 0. The Labute approximate surface area is 71.5 Å². The molecule has 3 heteroatoms. The second-order valence-electron chi connectivity index (χ2n) is 2.83. The number of aromatic nitrogens is 1. The van der Waals surface area contributed by atoms with Gasteiger partial charge in [0.05, 0.1) is 10.7 Å². The molecule has 2 nitrogen and oxygen atoms in total. The Morgan fingerprint density at radius 3 is 2.55 bits per heavy atom. The molecule has 0 bridgehead atoms. The summed E-state index contributed by atoms with van der Waals surface area (Å²) in [5.41, 5.74) is 6.67. The number of aryl methyl sites for hydroxylation is 2. The van der Waals surface area contributed by atoms with E-state index >= 15 is 0 Å². The van der Waals surface area contributed by atoms with Gasteiger partial charge in [0, 0.05) is 17.3 Å². The van der Waals surface area contributed by atoms with E-state index in [1.165, 1.54) is 9.88 Å². The molecule has 11 heavy (non-hydrogen) atoms. The minimum Gasteiger partial charge on any atom is -0.330 e. The highest BCUT2D eigenvalue weighted by molar-refractivity contribution is 7.11. The van der Waals surface area contributed by atoms with Gasteiger partial charge in [-0.3, -0.25) is 0 Å². The van der Waals surface area contributed by atoms with Crippen LogP contribution in [0, 0.1) is 13.8 Å². The predicted octanol–water partition coefficient (Wildman–Crippen LogP) is 1.82. The lowest BCUT2D eigenvalue weighted by Gasteiger charge is -2.01. The molecule has 62 valence electrons. The summed E-state index contributed by atoms with van der Waals surface area (Å²) >= 11 is 1.76. The maximum absolute atomic E-state index is 5.53. The Morgan fingerprint density at radius 1 is 1.55 bits per heavy atom. The lowest BCUT2D eigenvalue weighted by molar-refractivity contribution is 0.763. The maximum atomic E-state index is 5.53. The molecule has 0 spiro atoms. The number of rotatable bonds is 2. The van der Waals surface area contributed by atoms with Gasteiger partial charge < -0.3 is 5.73 Å². The summed E-state index contributed by atoms with van der Waals surface area (Å²) in [6.45, 7) is 6.93. The summed E-state index contributed by atoms with van der Waals surface area (Å²) in [6, 6.07) is 0. The smallest absolute Gasteiger partial charge is 0.0971 e. The molecule has 1 unspecified atom stereocenters. The van der Waals surface area contributed by atoms with Gasteiger partial charge in [-0.15, -0.1) is 11.3 Å². The first-order chi connectivity index (χ1) is 5.15. The molecule has 1 aromatic heterocycles. The molecule has 0 aliphatic heterocycles. The number of nitrogens with two attached hydrogens (primary N) is 1. The van der Waals surface area contributed by atoms with Crippen molar-refractivity contribution in [2.75, 3.05) is 6.54 Å². The minimum absolute atomic E-state index is 0.410. The quantitative estimate of drug-likeness (QED) is 0.735. The van der Waals surface area contributed by atoms with Crippen molar-refractivity contribution in [3.63, 3.8) is 0 Å². The van der Waals surface area contributed by atoms with Crippen LogP contribution in [0.15, 0.2) is 0 Å². The van der Waals surface area contributed by atoms with Crippen molar-refractivity contribution in [2.24, 2.45) is 5.73 Å². The van der Waals surface area contributed by atoms with E-state index in [-0.39, 0.29) is 0 Å². The number of hydrogen-bond acceptors (Lipinski definition) is 3. The number of nitrogens with zero attached hydrogens (tertiary/aromatic N) is 1. The third-order valence-corrected chi connectivity index (χ3v) is 3.12. The molecule has 0 saturated carbocycles. The zero-order valence-electron chi connectivity index (χ0n) is 7.22. The first kappa shape index (κ1) is 8.68. The first-order valence-electron chi connectivity index (χ1n) is 3.79. The SMILES string of the molecule is Cc1nc(C(C)CN)sc1C. The van der Waals surface area contributed by atoms with Gasteiger partial charge in [0.1, 0.15) is 0 Å². The summed E-state index contributed by atoms with van der Waals surface area (Å²) in [5, 5.41) is 1.17. The van der Waals surface area contributed by atoms with Gasteiger partial charge in [-0.2, -0.15) is 0 Å². The topological polar surface area (TPSA) is 38.9 Å². The molecule has 1 rings (SSSR count). The lowest BCUT2D eigenvalue weighted by Crippen LogP contribution is -2.08. The second-order valence-corrected chi connectivity index (χ2v) is 4.07. The standard InChI is InChI=1S/C8H14N2S/c1-5(4-9)8-10-6(2)7(3)11-8/h5H,4,9H2,1-3H3. The van der Waals surface area contributed by atoms with E-state index in [2.05, 4.69) is 18.8 Å². The van der Waals surface area contributed by atoms with Crippen molar-refractivity contribution in [1.82, 2.24) is 4.98 Å². The Hall–Kier alpha value is -0.410. The molecule has 0 amide bonds. The average Bonchev–Trinajstić information content (AvgIpc) is 2.31. The van der Waals surface area contributed by atoms with Crippen LogP contribution in [0.25, 0.3) is 0 Å². The van der Waals surface area contributed by atoms with Gasteiger partial charge in [-0.1, -0.05) is 6.92 Å². The summed E-state index contributed by atoms with van der Waals surface area (Å²) in [4.78, 5) is 5.73. The van der Waals surface area contributed by atoms with Crippen LogP contribution in [0.1, 0.15) is 28.4 Å². The highest BCUT2D eigenvalue weighted by Gasteiger charge is 2.09. The van der Waals surface area contributed by atoms with Gasteiger partial charge in [0.25, 0.3) is 0 Å². The van der Waals surface area contributed by atoms with E-state index < -0.39 is 0 Å². The largest absolute Gasteiger partial charge is 0.330 e. The number of thiazole rings is 1. The van der Waals surface area contributed by atoms with Gasteiger partial charge >= 0.3 is 0 Å². The molecule has 1 atom stereocenters. The van der Waals surface area contributed by atoms with E-state index in [9.17, 15) is 0 Å². The number of hydrogen-bond donors (Lipinski definition) is 1. The van der Waals surface area contributed by atoms with Crippen molar-refractivity contribution in [1.29, 1.82) is 0 Å². The van der Waals surface area contributed by atoms with Gasteiger partial charge in [-0.25, -0.2) is 4.98 Å². The lowest BCUT2D eigenvalue weighted by atomic mass is 10.2. The van der Waals surface area contributed by atoms with Crippen LogP contribution < -0.4 is 5.73 Å². The van der Waals surface area contributed by atoms with E-state index in [4.69, 9.17) is 5.73 Å². The fraction of sp³-hybridized carbons (Fsp3) is 0.625. The second kappa shape index (κ2) is 3.32. The van der Waals surface area contributed by atoms with Crippen molar-refractivity contribution in [3.05, 3.63) is 15.6 Å².